The molecule has 2 aliphatic rings. The van der Waals surface area contributed by atoms with Gasteiger partial charge in [-0.3, -0.25) is 24.8 Å². The second-order valence-electron chi connectivity index (χ2n) is 7.28. The van der Waals surface area contributed by atoms with Crippen LogP contribution < -0.4 is 5.32 Å². The van der Waals surface area contributed by atoms with Crippen molar-refractivity contribution in [2.24, 2.45) is 5.92 Å². The molecule has 1 aromatic rings. The molecule has 1 saturated heterocycles. The summed E-state index contributed by atoms with van der Waals surface area (Å²) in [6, 6.07) is 1.67. The fourth-order valence-electron chi connectivity index (χ4n) is 4.09. The number of nitrogens with zero attached hydrogens (tertiary/aromatic N) is 3. The summed E-state index contributed by atoms with van der Waals surface area (Å²) in [4.78, 5) is 29.4. The van der Waals surface area contributed by atoms with Crippen LogP contribution in [0.25, 0.3) is 0 Å². The highest BCUT2D eigenvalue weighted by Gasteiger charge is 2.29. The summed E-state index contributed by atoms with van der Waals surface area (Å²) in [5.74, 6) is 0.691. The van der Waals surface area contributed by atoms with Crippen molar-refractivity contribution >= 4 is 17.3 Å². The number of hydrogen-bond acceptors (Lipinski definition) is 5. The molecule has 7 nitrogen and oxygen atoms in total. The van der Waals surface area contributed by atoms with E-state index in [-0.39, 0.29) is 17.6 Å². The van der Waals surface area contributed by atoms with Crippen LogP contribution in [0.1, 0.15) is 50.6 Å². The van der Waals surface area contributed by atoms with Crippen molar-refractivity contribution in [2.75, 3.05) is 18.4 Å². The molecule has 1 amide bonds. The van der Waals surface area contributed by atoms with Crippen LogP contribution in [0.15, 0.2) is 12.3 Å². The highest BCUT2D eigenvalue weighted by Crippen LogP contribution is 2.29. The van der Waals surface area contributed by atoms with E-state index in [1.54, 1.807) is 6.92 Å². The number of pyridine rings is 1. The molecule has 2 fully saturated rings. The fourth-order valence-corrected chi connectivity index (χ4v) is 4.09. The molecule has 0 radical (unpaired) electrons. The lowest BCUT2D eigenvalue weighted by molar-refractivity contribution is -0.385. The van der Waals surface area contributed by atoms with Crippen LogP contribution in [0.5, 0.6) is 0 Å². The number of anilines is 1. The number of carbonyl (C=O) groups excluding carboxylic acids is 1. The maximum Gasteiger partial charge on any atom is 0.292 e. The number of rotatable bonds is 6. The molecule has 1 N–H and O–H groups in total. The van der Waals surface area contributed by atoms with Gasteiger partial charge in [-0.05, 0) is 45.1 Å². The van der Waals surface area contributed by atoms with E-state index in [9.17, 15) is 14.9 Å². The van der Waals surface area contributed by atoms with Crippen LogP contribution in [-0.2, 0) is 4.79 Å². The van der Waals surface area contributed by atoms with Crippen LogP contribution in [-0.4, -0.2) is 39.8 Å². The third-order valence-electron chi connectivity index (χ3n) is 5.43. The van der Waals surface area contributed by atoms with Crippen molar-refractivity contribution in [3.63, 3.8) is 0 Å². The van der Waals surface area contributed by atoms with E-state index in [1.165, 1.54) is 37.9 Å². The highest BCUT2D eigenvalue weighted by atomic mass is 16.6. The van der Waals surface area contributed by atoms with E-state index in [0.717, 1.165) is 31.8 Å². The molecule has 1 aliphatic carbocycles. The summed E-state index contributed by atoms with van der Waals surface area (Å²) in [7, 11) is 0. The van der Waals surface area contributed by atoms with Gasteiger partial charge in [-0.25, -0.2) is 0 Å². The van der Waals surface area contributed by atoms with Crippen molar-refractivity contribution < 1.29 is 9.72 Å². The normalized spacial score (nSPS) is 21.6. The Balaban J connectivity index is 1.56. The Hall–Kier alpha value is -2.02. The first kappa shape index (κ1) is 17.8. The SMILES string of the molecule is Cc1ncc(NC(=O)C[C@@H]2CCCN2CC2CCCC2)cc1[N+](=O)[O-]. The van der Waals surface area contributed by atoms with Crippen molar-refractivity contribution in [1.29, 1.82) is 0 Å². The number of amides is 1. The van der Waals surface area contributed by atoms with E-state index in [2.05, 4.69) is 15.2 Å². The minimum Gasteiger partial charge on any atom is -0.324 e. The zero-order chi connectivity index (χ0) is 17.8. The van der Waals surface area contributed by atoms with Gasteiger partial charge in [0.2, 0.25) is 5.91 Å². The second-order valence-corrected chi connectivity index (χ2v) is 7.28. The first-order valence-electron chi connectivity index (χ1n) is 9.18. The summed E-state index contributed by atoms with van der Waals surface area (Å²) in [5.41, 5.74) is 0.672. The monoisotopic (exact) mass is 346 g/mol. The third-order valence-corrected chi connectivity index (χ3v) is 5.43. The maximum atomic E-state index is 12.4. The van der Waals surface area contributed by atoms with Gasteiger partial charge in [-0.15, -0.1) is 0 Å². The van der Waals surface area contributed by atoms with Crippen molar-refractivity contribution in [3.8, 4) is 0 Å². The number of hydrogen-bond donors (Lipinski definition) is 1. The average molecular weight is 346 g/mol. The highest BCUT2D eigenvalue weighted by molar-refractivity contribution is 5.91. The molecule has 2 heterocycles. The Kier molecular flexibility index (Phi) is 5.63. The molecule has 7 heteroatoms. The first-order chi connectivity index (χ1) is 12.0. The summed E-state index contributed by atoms with van der Waals surface area (Å²) >= 11 is 0. The fraction of sp³-hybridized carbons (Fsp3) is 0.667. The van der Waals surface area contributed by atoms with E-state index < -0.39 is 4.92 Å². The van der Waals surface area contributed by atoms with Crippen molar-refractivity contribution in [2.45, 2.75) is 57.9 Å². The molecule has 0 unspecified atom stereocenters. The Morgan fingerprint density at radius 3 is 2.84 bits per heavy atom. The summed E-state index contributed by atoms with van der Waals surface area (Å²) in [5, 5.41) is 13.8. The number of carbonyl (C=O) groups is 1. The number of nitrogens with one attached hydrogen (secondary N) is 1. The molecule has 0 spiro atoms. The number of nitro groups is 1. The molecule has 1 atom stereocenters. The Bertz CT molecular complexity index is 643. The van der Waals surface area contributed by atoms with E-state index in [1.807, 2.05) is 0 Å². The quantitative estimate of drug-likeness (QED) is 0.631. The Morgan fingerprint density at radius 2 is 2.12 bits per heavy atom. The van der Waals surface area contributed by atoms with Gasteiger partial charge in [0.15, 0.2) is 0 Å². The number of aromatic nitrogens is 1. The van der Waals surface area contributed by atoms with Gasteiger partial charge in [0.1, 0.15) is 5.69 Å². The lowest BCUT2D eigenvalue weighted by Crippen LogP contribution is -2.36. The third kappa shape index (κ3) is 4.54. The molecule has 25 heavy (non-hydrogen) atoms. The molecule has 1 saturated carbocycles. The predicted octanol–water partition coefficient (Wildman–Crippen LogP) is 3.28. The lowest BCUT2D eigenvalue weighted by atomic mass is 10.1. The largest absolute Gasteiger partial charge is 0.324 e. The van der Waals surface area contributed by atoms with Crippen molar-refractivity contribution in [1.82, 2.24) is 9.88 Å². The average Bonchev–Trinajstić information content (AvgIpc) is 3.22. The maximum absolute atomic E-state index is 12.4. The zero-order valence-corrected chi connectivity index (χ0v) is 14.7. The molecule has 1 aliphatic heterocycles. The molecular weight excluding hydrogens is 320 g/mol. The van der Waals surface area contributed by atoms with E-state index in [0.29, 0.717) is 17.8 Å². The number of aryl methyl sites for hydroxylation is 1. The van der Waals surface area contributed by atoms with Gasteiger partial charge >= 0.3 is 0 Å². The summed E-state index contributed by atoms with van der Waals surface area (Å²) in [6.07, 6.45) is 9.40. The smallest absolute Gasteiger partial charge is 0.292 e. The van der Waals surface area contributed by atoms with Gasteiger partial charge in [-0.2, -0.15) is 0 Å². The molecule has 0 bridgehead atoms. The minimum absolute atomic E-state index is 0.0680. The molecule has 1 aromatic heterocycles. The lowest BCUT2D eigenvalue weighted by Gasteiger charge is -2.26. The molecule has 3 rings (SSSR count). The summed E-state index contributed by atoms with van der Waals surface area (Å²) in [6.45, 7) is 3.77. The van der Waals surface area contributed by atoms with E-state index >= 15 is 0 Å². The van der Waals surface area contributed by atoms with Crippen LogP contribution in [0.4, 0.5) is 11.4 Å². The van der Waals surface area contributed by atoms with Gasteiger partial charge in [-0.1, -0.05) is 12.8 Å². The van der Waals surface area contributed by atoms with Gasteiger partial charge in [0, 0.05) is 25.1 Å². The molecular formula is C18H26N4O3. The first-order valence-corrected chi connectivity index (χ1v) is 9.18. The Morgan fingerprint density at radius 1 is 1.36 bits per heavy atom. The van der Waals surface area contributed by atoms with Crippen LogP contribution >= 0.6 is 0 Å². The predicted molar refractivity (Wildman–Crippen MR) is 95.4 cm³/mol. The summed E-state index contributed by atoms with van der Waals surface area (Å²) < 4.78 is 0. The zero-order valence-electron chi connectivity index (χ0n) is 14.7. The van der Waals surface area contributed by atoms with Gasteiger partial charge in [0.25, 0.3) is 5.69 Å². The van der Waals surface area contributed by atoms with Crippen molar-refractivity contribution in [3.05, 3.63) is 28.1 Å². The van der Waals surface area contributed by atoms with E-state index in [4.69, 9.17) is 0 Å². The second kappa shape index (κ2) is 7.91. The van der Waals surface area contributed by atoms with Gasteiger partial charge in [0.05, 0.1) is 16.8 Å². The molecule has 136 valence electrons. The minimum atomic E-state index is -0.474. The van der Waals surface area contributed by atoms with Crippen LogP contribution in [0.3, 0.4) is 0 Å². The van der Waals surface area contributed by atoms with Crippen LogP contribution in [0, 0.1) is 23.0 Å². The number of likely N-dealkylation sites (tertiary alicyclic amines) is 1. The topological polar surface area (TPSA) is 88.4 Å². The molecule has 0 aromatic carbocycles. The van der Waals surface area contributed by atoms with Crippen LogP contribution in [0.2, 0.25) is 0 Å². The standard InChI is InChI=1S/C18H26N4O3/c1-13-17(22(24)25)9-15(11-19-13)20-18(23)10-16-7-4-8-21(16)12-14-5-2-3-6-14/h9,11,14,16H,2-8,10,12H2,1H3,(H,20,23)/t16-/m0/s1. The Labute approximate surface area is 148 Å². The van der Waals surface area contributed by atoms with Gasteiger partial charge < -0.3 is 5.32 Å².